The largest absolute Gasteiger partial charge is 0.496 e. The smallest absolute Gasteiger partial charge is 0.330 e. The zero-order chi connectivity index (χ0) is 23.7. The molecular formula is C27H31N5O2. The Morgan fingerprint density at radius 3 is 2.56 bits per heavy atom. The number of amides is 2. The Morgan fingerprint density at radius 1 is 1.06 bits per heavy atom. The predicted molar refractivity (Wildman–Crippen MR) is 134 cm³/mol. The number of anilines is 2. The van der Waals surface area contributed by atoms with Crippen LogP contribution in [0.2, 0.25) is 0 Å². The van der Waals surface area contributed by atoms with E-state index in [0.717, 1.165) is 35.7 Å². The Bertz CT molecular complexity index is 1170. The summed E-state index contributed by atoms with van der Waals surface area (Å²) in [6.07, 6.45) is 4.74. The highest BCUT2D eigenvalue weighted by molar-refractivity contribution is 6.04. The molecule has 0 N–H and O–H groups in total. The highest BCUT2D eigenvalue weighted by atomic mass is 16.5. The Labute approximate surface area is 201 Å². The van der Waals surface area contributed by atoms with Gasteiger partial charge in [0.1, 0.15) is 17.4 Å². The summed E-state index contributed by atoms with van der Waals surface area (Å²) in [7, 11) is 5.67. The van der Waals surface area contributed by atoms with Gasteiger partial charge in [0.15, 0.2) is 0 Å². The maximum atomic E-state index is 13.0. The average molecular weight is 458 g/mol. The molecule has 0 bridgehead atoms. The van der Waals surface area contributed by atoms with Crippen LogP contribution in [0.3, 0.4) is 0 Å². The van der Waals surface area contributed by atoms with Gasteiger partial charge in [-0.15, -0.1) is 0 Å². The molecule has 2 aliphatic heterocycles. The zero-order valence-corrected chi connectivity index (χ0v) is 20.1. The number of carbonyl (C=O) groups excluding carboxylic acids is 1. The minimum atomic E-state index is -0.0941. The van der Waals surface area contributed by atoms with Crippen LogP contribution in [-0.4, -0.2) is 55.2 Å². The topological polar surface area (TPSA) is 61.8 Å². The number of hydrogen-bond acceptors (Lipinski definition) is 5. The van der Waals surface area contributed by atoms with Crippen molar-refractivity contribution in [3.63, 3.8) is 0 Å². The Kier molecular flexibility index (Phi) is 6.20. The van der Waals surface area contributed by atoms with Crippen molar-refractivity contribution in [3.05, 3.63) is 77.2 Å². The maximum Gasteiger partial charge on any atom is 0.330 e. The summed E-state index contributed by atoms with van der Waals surface area (Å²) >= 11 is 0. The van der Waals surface area contributed by atoms with Gasteiger partial charge in [0.2, 0.25) is 0 Å². The van der Waals surface area contributed by atoms with Crippen LogP contribution in [0.4, 0.5) is 16.3 Å². The van der Waals surface area contributed by atoms with Crippen LogP contribution in [0.5, 0.6) is 5.75 Å². The minimum Gasteiger partial charge on any atom is -0.496 e. The molecule has 0 saturated carbocycles. The lowest BCUT2D eigenvalue weighted by molar-refractivity contribution is 0.251. The molecule has 3 heterocycles. The summed E-state index contributed by atoms with van der Waals surface area (Å²) in [5.74, 6) is 2.80. The number of likely N-dealkylation sites (tertiary alicyclic amines) is 1. The van der Waals surface area contributed by atoms with Crippen LogP contribution in [0, 0.1) is 0 Å². The monoisotopic (exact) mass is 457 g/mol. The Balaban J connectivity index is 1.37. The van der Waals surface area contributed by atoms with Gasteiger partial charge in [-0.25, -0.2) is 14.8 Å². The van der Waals surface area contributed by atoms with Crippen LogP contribution in [0.15, 0.2) is 54.7 Å². The lowest BCUT2D eigenvalue weighted by Gasteiger charge is -2.34. The van der Waals surface area contributed by atoms with Crippen molar-refractivity contribution in [2.45, 2.75) is 31.7 Å². The van der Waals surface area contributed by atoms with E-state index in [4.69, 9.17) is 9.72 Å². The van der Waals surface area contributed by atoms with Gasteiger partial charge < -0.3 is 9.64 Å². The lowest BCUT2D eigenvalue weighted by atomic mass is 9.88. The van der Waals surface area contributed by atoms with E-state index in [1.54, 1.807) is 24.0 Å². The number of nitrogens with zero attached hydrogens (tertiary/aromatic N) is 5. The second-order valence-corrected chi connectivity index (χ2v) is 9.22. The van der Waals surface area contributed by atoms with Crippen molar-refractivity contribution >= 4 is 17.5 Å². The standard InChI is InChI=1S/C27H31N5O2/c1-30-13-11-19(12-14-30)20-9-10-21(24(15-20)34-3)16-25-28-17-22-18-32(23-7-5-4-6-8-23)27(33)31(2)26(22)29-25/h4-10,15,17,19H,11-14,16,18H2,1-3H3. The minimum absolute atomic E-state index is 0.0941. The molecule has 176 valence electrons. The Morgan fingerprint density at radius 2 is 1.82 bits per heavy atom. The van der Waals surface area contributed by atoms with E-state index < -0.39 is 0 Å². The van der Waals surface area contributed by atoms with Crippen LogP contribution in [-0.2, 0) is 13.0 Å². The molecule has 2 aliphatic rings. The van der Waals surface area contributed by atoms with E-state index in [1.807, 2.05) is 36.5 Å². The molecule has 5 rings (SSSR count). The van der Waals surface area contributed by atoms with Crippen molar-refractivity contribution < 1.29 is 9.53 Å². The summed E-state index contributed by atoms with van der Waals surface area (Å²) < 4.78 is 5.75. The fourth-order valence-corrected chi connectivity index (χ4v) is 4.91. The number of urea groups is 1. The first-order chi connectivity index (χ1) is 16.5. The SMILES string of the molecule is COc1cc(C2CCN(C)CC2)ccc1Cc1ncc2c(n1)N(C)C(=O)N(c1ccccc1)C2. The van der Waals surface area contributed by atoms with Gasteiger partial charge in [-0.2, -0.15) is 0 Å². The summed E-state index contributed by atoms with van der Waals surface area (Å²) in [4.78, 5) is 28.2. The van der Waals surface area contributed by atoms with Crippen LogP contribution in [0.25, 0.3) is 0 Å². The zero-order valence-electron chi connectivity index (χ0n) is 20.1. The molecule has 7 nitrogen and oxygen atoms in total. The van der Waals surface area contributed by atoms with Gasteiger partial charge >= 0.3 is 6.03 Å². The number of para-hydroxylation sites is 1. The van der Waals surface area contributed by atoms with Gasteiger partial charge in [-0.3, -0.25) is 9.80 Å². The maximum absolute atomic E-state index is 13.0. The molecule has 1 aromatic heterocycles. The van der Waals surface area contributed by atoms with E-state index in [2.05, 4.69) is 35.1 Å². The molecule has 0 spiro atoms. The second kappa shape index (κ2) is 9.43. The highest BCUT2D eigenvalue weighted by Gasteiger charge is 2.30. The molecule has 1 saturated heterocycles. The first kappa shape index (κ1) is 22.3. The third-order valence-corrected chi connectivity index (χ3v) is 6.97. The third-order valence-electron chi connectivity index (χ3n) is 6.97. The highest BCUT2D eigenvalue weighted by Crippen LogP contribution is 2.33. The van der Waals surface area contributed by atoms with Gasteiger partial charge in [-0.05, 0) is 62.7 Å². The van der Waals surface area contributed by atoms with E-state index >= 15 is 0 Å². The number of piperidine rings is 1. The molecule has 0 atom stereocenters. The van der Waals surface area contributed by atoms with E-state index in [-0.39, 0.29) is 6.03 Å². The van der Waals surface area contributed by atoms with E-state index in [1.165, 1.54) is 18.4 Å². The van der Waals surface area contributed by atoms with Crippen molar-refractivity contribution in [1.29, 1.82) is 0 Å². The second-order valence-electron chi connectivity index (χ2n) is 9.22. The summed E-state index contributed by atoms with van der Waals surface area (Å²) in [5.41, 5.74) is 4.18. The van der Waals surface area contributed by atoms with Gasteiger partial charge in [0, 0.05) is 36.5 Å². The van der Waals surface area contributed by atoms with Gasteiger partial charge in [-0.1, -0.05) is 30.3 Å². The molecule has 0 unspecified atom stereocenters. The molecule has 1 fully saturated rings. The molecule has 2 aromatic carbocycles. The average Bonchev–Trinajstić information content (AvgIpc) is 2.87. The fourth-order valence-electron chi connectivity index (χ4n) is 4.91. The number of ether oxygens (including phenoxy) is 1. The number of carbonyl (C=O) groups is 1. The first-order valence-electron chi connectivity index (χ1n) is 11.8. The van der Waals surface area contributed by atoms with Crippen LogP contribution in [0.1, 0.15) is 41.3 Å². The molecule has 2 amide bonds. The number of aromatic nitrogens is 2. The quantitative estimate of drug-likeness (QED) is 0.566. The lowest BCUT2D eigenvalue weighted by Crippen LogP contribution is -2.46. The normalized spacial score (nSPS) is 17.1. The summed E-state index contributed by atoms with van der Waals surface area (Å²) in [5, 5.41) is 0. The van der Waals surface area contributed by atoms with E-state index in [0.29, 0.717) is 30.5 Å². The number of methoxy groups -OCH3 is 1. The summed E-state index contributed by atoms with van der Waals surface area (Å²) in [6.45, 7) is 2.72. The molecule has 0 radical (unpaired) electrons. The van der Waals surface area contributed by atoms with Crippen molar-refractivity contribution in [1.82, 2.24) is 14.9 Å². The third kappa shape index (κ3) is 4.35. The number of benzene rings is 2. The van der Waals surface area contributed by atoms with Gasteiger partial charge in [0.25, 0.3) is 0 Å². The number of hydrogen-bond donors (Lipinski definition) is 0. The first-order valence-corrected chi connectivity index (χ1v) is 11.8. The van der Waals surface area contributed by atoms with Crippen molar-refractivity contribution in [2.75, 3.05) is 44.1 Å². The van der Waals surface area contributed by atoms with Crippen molar-refractivity contribution in [2.24, 2.45) is 0 Å². The van der Waals surface area contributed by atoms with Crippen molar-refractivity contribution in [3.8, 4) is 5.75 Å². The Hall–Kier alpha value is -3.45. The molecule has 0 aliphatic carbocycles. The predicted octanol–water partition coefficient (Wildman–Crippen LogP) is 4.46. The van der Waals surface area contributed by atoms with Gasteiger partial charge in [0.05, 0.1) is 13.7 Å². The summed E-state index contributed by atoms with van der Waals surface area (Å²) in [6, 6.07) is 16.1. The molecule has 7 heteroatoms. The van der Waals surface area contributed by atoms with Crippen LogP contribution < -0.4 is 14.5 Å². The fraction of sp³-hybridized carbons (Fsp3) is 0.370. The molecule has 34 heavy (non-hydrogen) atoms. The molecule has 3 aromatic rings. The number of rotatable bonds is 5. The number of fused-ring (bicyclic) bond motifs is 1. The van der Waals surface area contributed by atoms with Crippen LogP contribution >= 0.6 is 0 Å². The van der Waals surface area contributed by atoms with E-state index in [9.17, 15) is 4.79 Å². The molecular weight excluding hydrogens is 426 g/mol.